The Labute approximate surface area is 185 Å². The molecular weight excluding hydrogens is 406 g/mol. The van der Waals surface area contributed by atoms with Gasteiger partial charge in [-0.1, -0.05) is 42.5 Å². The molecule has 0 bridgehead atoms. The third-order valence-corrected chi connectivity index (χ3v) is 5.54. The van der Waals surface area contributed by atoms with Crippen LogP contribution < -0.4 is 4.74 Å². The molecule has 32 heavy (non-hydrogen) atoms. The molecule has 7 nitrogen and oxygen atoms in total. The molecule has 2 aromatic carbocycles. The smallest absolute Gasteiger partial charge is 0.257 e. The van der Waals surface area contributed by atoms with Gasteiger partial charge in [-0.05, 0) is 25.1 Å². The average molecular weight is 429 g/mol. The van der Waals surface area contributed by atoms with Gasteiger partial charge >= 0.3 is 0 Å². The summed E-state index contributed by atoms with van der Waals surface area (Å²) in [5.74, 6) is 1.76. The summed E-state index contributed by atoms with van der Waals surface area (Å²) >= 11 is 0. The first-order valence-electron chi connectivity index (χ1n) is 10.6. The topological polar surface area (TPSA) is 77.7 Å². The van der Waals surface area contributed by atoms with Crippen LogP contribution in [0.25, 0.3) is 22.2 Å². The number of hydrogen-bond donors (Lipinski definition) is 0. The lowest BCUT2D eigenvalue weighted by Crippen LogP contribution is -2.47. The highest BCUT2D eigenvalue weighted by atomic mass is 16.5. The minimum Gasteiger partial charge on any atom is -0.474 e. The summed E-state index contributed by atoms with van der Waals surface area (Å²) in [5.41, 5.74) is 2.34. The van der Waals surface area contributed by atoms with Crippen LogP contribution in [0.2, 0.25) is 0 Å². The van der Waals surface area contributed by atoms with Gasteiger partial charge in [0.05, 0.1) is 29.6 Å². The van der Waals surface area contributed by atoms with Gasteiger partial charge in [-0.3, -0.25) is 4.79 Å². The number of aromatic nitrogens is 2. The SMILES string of the molecule is Cc1oc(-c2ccccc2)cc1C(=O)N1CCOC(COc2ncnc3ccccc23)C1. The molecule has 0 saturated carbocycles. The van der Waals surface area contributed by atoms with Crippen molar-refractivity contribution in [3.8, 4) is 17.2 Å². The van der Waals surface area contributed by atoms with E-state index in [1.165, 1.54) is 6.33 Å². The van der Waals surface area contributed by atoms with Crippen LogP contribution in [0.5, 0.6) is 5.88 Å². The highest BCUT2D eigenvalue weighted by Gasteiger charge is 2.28. The normalized spacial score (nSPS) is 16.3. The third-order valence-electron chi connectivity index (χ3n) is 5.54. The molecular formula is C25H23N3O4. The number of para-hydroxylation sites is 1. The Hall–Kier alpha value is -3.71. The molecule has 162 valence electrons. The number of hydrogen-bond acceptors (Lipinski definition) is 6. The first-order valence-corrected chi connectivity index (χ1v) is 10.6. The number of furan rings is 1. The number of carbonyl (C=O) groups excluding carboxylic acids is 1. The number of amides is 1. The van der Waals surface area contributed by atoms with Crippen LogP contribution in [0, 0.1) is 6.92 Å². The average Bonchev–Trinajstić information content (AvgIpc) is 3.24. The fourth-order valence-electron chi connectivity index (χ4n) is 3.88. The molecule has 5 rings (SSSR count). The summed E-state index contributed by atoms with van der Waals surface area (Å²) in [7, 11) is 0. The predicted molar refractivity (Wildman–Crippen MR) is 120 cm³/mol. The number of aryl methyl sites for hydroxylation is 1. The van der Waals surface area contributed by atoms with E-state index in [-0.39, 0.29) is 12.0 Å². The zero-order valence-corrected chi connectivity index (χ0v) is 17.7. The van der Waals surface area contributed by atoms with Crippen LogP contribution in [0.1, 0.15) is 16.1 Å². The lowest BCUT2D eigenvalue weighted by atomic mass is 10.1. The maximum atomic E-state index is 13.2. The first kappa shape index (κ1) is 20.2. The second kappa shape index (κ2) is 8.80. The van der Waals surface area contributed by atoms with Crippen molar-refractivity contribution in [2.45, 2.75) is 13.0 Å². The Bertz CT molecular complexity index is 1230. The highest BCUT2D eigenvalue weighted by Crippen LogP contribution is 2.27. The lowest BCUT2D eigenvalue weighted by molar-refractivity contribution is -0.0405. The molecule has 1 unspecified atom stereocenters. The van der Waals surface area contributed by atoms with Crippen molar-refractivity contribution >= 4 is 16.8 Å². The van der Waals surface area contributed by atoms with Crippen LogP contribution in [-0.2, 0) is 4.74 Å². The molecule has 1 saturated heterocycles. The zero-order chi connectivity index (χ0) is 21.9. The predicted octanol–water partition coefficient (Wildman–Crippen LogP) is 4.12. The number of ether oxygens (including phenoxy) is 2. The third kappa shape index (κ3) is 4.07. The summed E-state index contributed by atoms with van der Waals surface area (Å²) in [5, 5.41) is 0.848. The molecule has 4 aromatic rings. The van der Waals surface area contributed by atoms with Crippen molar-refractivity contribution in [2.24, 2.45) is 0 Å². The van der Waals surface area contributed by atoms with Gasteiger partial charge in [0.25, 0.3) is 5.91 Å². The number of fused-ring (bicyclic) bond motifs is 1. The number of morpholine rings is 1. The van der Waals surface area contributed by atoms with Crippen LogP contribution >= 0.6 is 0 Å². The molecule has 7 heteroatoms. The van der Waals surface area contributed by atoms with E-state index >= 15 is 0 Å². The van der Waals surface area contributed by atoms with Gasteiger partial charge in [0.1, 0.15) is 30.6 Å². The van der Waals surface area contributed by atoms with Crippen molar-refractivity contribution in [1.29, 1.82) is 0 Å². The Morgan fingerprint density at radius 2 is 1.94 bits per heavy atom. The summed E-state index contributed by atoms with van der Waals surface area (Å²) in [6.07, 6.45) is 1.24. The summed E-state index contributed by atoms with van der Waals surface area (Å²) in [6.45, 7) is 3.53. The molecule has 1 aliphatic heterocycles. The number of benzene rings is 2. The molecule has 0 N–H and O–H groups in total. The monoisotopic (exact) mass is 429 g/mol. The zero-order valence-electron chi connectivity index (χ0n) is 17.7. The van der Waals surface area contributed by atoms with E-state index in [1.807, 2.05) is 67.6 Å². The van der Waals surface area contributed by atoms with Crippen molar-refractivity contribution in [2.75, 3.05) is 26.3 Å². The van der Waals surface area contributed by atoms with Crippen LogP contribution in [0.3, 0.4) is 0 Å². The van der Waals surface area contributed by atoms with Gasteiger partial charge in [0.2, 0.25) is 5.88 Å². The second-order valence-corrected chi connectivity index (χ2v) is 7.70. The van der Waals surface area contributed by atoms with Crippen molar-refractivity contribution < 1.29 is 18.7 Å². The molecule has 0 spiro atoms. The van der Waals surface area contributed by atoms with Crippen LogP contribution in [0.4, 0.5) is 0 Å². The number of carbonyl (C=O) groups is 1. The first-order chi connectivity index (χ1) is 15.7. The van der Waals surface area contributed by atoms with E-state index < -0.39 is 0 Å². The van der Waals surface area contributed by atoms with Crippen LogP contribution in [0.15, 0.2) is 71.4 Å². The Kier molecular flexibility index (Phi) is 5.56. The summed E-state index contributed by atoms with van der Waals surface area (Å²) in [6, 6.07) is 19.3. The highest BCUT2D eigenvalue weighted by molar-refractivity contribution is 5.96. The second-order valence-electron chi connectivity index (χ2n) is 7.70. The van der Waals surface area contributed by atoms with E-state index in [1.54, 1.807) is 4.90 Å². The van der Waals surface area contributed by atoms with Crippen molar-refractivity contribution in [1.82, 2.24) is 14.9 Å². The lowest BCUT2D eigenvalue weighted by Gasteiger charge is -2.32. The molecule has 1 atom stereocenters. The number of nitrogens with zero attached hydrogens (tertiary/aromatic N) is 3. The molecule has 2 aromatic heterocycles. The van der Waals surface area contributed by atoms with Gasteiger partial charge in [0.15, 0.2) is 0 Å². The van der Waals surface area contributed by atoms with E-state index in [2.05, 4.69) is 9.97 Å². The van der Waals surface area contributed by atoms with Crippen molar-refractivity contribution in [3.05, 3.63) is 78.3 Å². The maximum Gasteiger partial charge on any atom is 0.257 e. The fourth-order valence-corrected chi connectivity index (χ4v) is 3.88. The minimum absolute atomic E-state index is 0.0609. The van der Waals surface area contributed by atoms with Gasteiger partial charge in [-0.2, -0.15) is 0 Å². The van der Waals surface area contributed by atoms with Gasteiger partial charge < -0.3 is 18.8 Å². The van der Waals surface area contributed by atoms with Crippen molar-refractivity contribution in [3.63, 3.8) is 0 Å². The maximum absolute atomic E-state index is 13.2. The molecule has 1 fully saturated rings. The summed E-state index contributed by atoms with van der Waals surface area (Å²) in [4.78, 5) is 23.5. The molecule has 1 aliphatic rings. The Morgan fingerprint density at radius 3 is 2.81 bits per heavy atom. The number of rotatable bonds is 5. The minimum atomic E-state index is -0.248. The molecule has 0 aliphatic carbocycles. The van der Waals surface area contributed by atoms with E-state index in [9.17, 15) is 4.79 Å². The van der Waals surface area contributed by atoms with E-state index in [0.717, 1.165) is 16.5 Å². The molecule has 3 heterocycles. The Balaban J connectivity index is 1.27. The molecule has 1 amide bonds. The Morgan fingerprint density at radius 1 is 1.12 bits per heavy atom. The van der Waals surface area contributed by atoms with Gasteiger partial charge in [-0.25, -0.2) is 9.97 Å². The quantitative estimate of drug-likeness (QED) is 0.475. The van der Waals surface area contributed by atoms with Gasteiger partial charge in [0, 0.05) is 12.1 Å². The fraction of sp³-hybridized carbons (Fsp3) is 0.240. The molecule has 0 radical (unpaired) electrons. The van der Waals surface area contributed by atoms with Crippen LogP contribution in [-0.4, -0.2) is 53.2 Å². The standard InChI is InChI=1S/C25H23N3O4/c1-17-21(13-23(32-17)18-7-3-2-4-8-18)25(29)28-11-12-30-19(14-28)15-31-24-20-9-5-6-10-22(20)26-16-27-24/h2-10,13,16,19H,11-12,14-15H2,1H3. The largest absolute Gasteiger partial charge is 0.474 e. The van der Waals surface area contributed by atoms with Gasteiger partial charge in [-0.15, -0.1) is 0 Å². The summed E-state index contributed by atoms with van der Waals surface area (Å²) < 4.78 is 17.7. The van der Waals surface area contributed by atoms with E-state index in [4.69, 9.17) is 13.9 Å². The van der Waals surface area contributed by atoms with E-state index in [0.29, 0.717) is 49.3 Å².